The summed E-state index contributed by atoms with van der Waals surface area (Å²) < 4.78 is 0. The molecule has 0 aromatic heterocycles. The molecule has 3 heteroatoms. The van der Waals surface area contributed by atoms with Crippen molar-refractivity contribution in [2.75, 3.05) is 20.6 Å². The molecule has 1 aromatic rings. The minimum absolute atomic E-state index is 0.723. The molecule has 0 bridgehead atoms. The lowest BCUT2D eigenvalue weighted by atomic mass is 10.1. The van der Waals surface area contributed by atoms with E-state index in [-0.39, 0.29) is 0 Å². The first kappa shape index (κ1) is 9.74. The van der Waals surface area contributed by atoms with Gasteiger partial charge in [-0.05, 0) is 0 Å². The summed E-state index contributed by atoms with van der Waals surface area (Å²) in [6.45, 7) is 0.723. The van der Waals surface area contributed by atoms with Crippen LogP contribution < -0.4 is 4.90 Å². The number of hydrogen-bond acceptors (Lipinski definition) is 2. The Hall–Kier alpha value is -1.35. The van der Waals surface area contributed by atoms with Crippen molar-refractivity contribution >= 4 is 5.71 Å². The molecular formula is C10H15N2O+. The summed E-state index contributed by atoms with van der Waals surface area (Å²) in [5.41, 5.74) is 1.70. The van der Waals surface area contributed by atoms with E-state index in [1.54, 1.807) is 0 Å². The van der Waals surface area contributed by atoms with Gasteiger partial charge in [0.25, 0.3) is 0 Å². The van der Waals surface area contributed by atoms with E-state index in [2.05, 4.69) is 5.16 Å². The van der Waals surface area contributed by atoms with Crippen LogP contribution in [0.4, 0.5) is 0 Å². The SMILES string of the molecule is C[NH+](C)C/C(=N/O)c1ccccc1. The minimum atomic E-state index is 0.723. The molecule has 0 radical (unpaired) electrons. The second-order valence-corrected chi connectivity index (χ2v) is 3.30. The minimum Gasteiger partial charge on any atom is -0.410 e. The summed E-state index contributed by atoms with van der Waals surface area (Å²) in [5, 5.41) is 12.1. The molecule has 0 atom stereocenters. The van der Waals surface area contributed by atoms with Gasteiger partial charge >= 0.3 is 0 Å². The van der Waals surface area contributed by atoms with E-state index in [1.807, 2.05) is 44.4 Å². The Bertz CT molecular complexity index is 280. The molecular weight excluding hydrogens is 164 g/mol. The number of oxime groups is 1. The van der Waals surface area contributed by atoms with Crippen molar-refractivity contribution in [2.24, 2.45) is 5.16 Å². The zero-order chi connectivity index (χ0) is 9.68. The van der Waals surface area contributed by atoms with Crippen molar-refractivity contribution in [2.45, 2.75) is 0 Å². The van der Waals surface area contributed by atoms with Gasteiger partial charge in [0.05, 0.1) is 14.1 Å². The fourth-order valence-electron chi connectivity index (χ4n) is 1.16. The molecule has 1 aromatic carbocycles. The molecule has 0 saturated heterocycles. The molecule has 0 aliphatic carbocycles. The van der Waals surface area contributed by atoms with E-state index in [4.69, 9.17) is 5.21 Å². The highest BCUT2D eigenvalue weighted by Crippen LogP contribution is 1.99. The second-order valence-electron chi connectivity index (χ2n) is 3.30. The number of hydrogen-bond donors (Lipinski definition) is 2. The Morgan fingerprint density at radius 2 is 1.92 bits per heavy atom. The number of nitrogens with one attached hydrogen (secondary N) is 1. The van der Waals surface area contributed by atoms with Crippen molar-refractivity contribution in [3.05, 3.63) is 35.9 Å². The van der Waals surface area contributed by atoms with Gasteiger partial charge in [-0.1, -0.05) is 35.5 Å². The van der Waals surface area contributed by atoms with E-state index >= 15 is 0 Å². The van der Waals surface area contributed by atoms with Crippen LogP contribution in [0.15, 0.2) is 35.5 Å². The van der Waals surface area contributed by atoms with Crippen molar-refractivity contribution in [1.29, 1.82) is 0 Å². The molecule has 0 aliphatic heterocycles. The summed E-state index contributed by atoms with van der Waals surface area (Å²) in [6, 6.07) is 9.70. The molecule has 0 amide bonds. The number of likely N-dealkylation sites (N-methyl/N-ethyl adjacent to an activating group) is 1. The number of rotatable bonds is 3. The van der Waals surface area contributed by atoms with Crippen molar-refractivity contribution < 1.29 is 10.1 Å². The van der Waals surface area contributed by atoms with Crippen molar-refractivity contribution in [1.82, 2.24) is 0 Å². The summed E-state index contributed by atoms with van der Waals surface area (Å²) >= 11 is 0. The third kappa shape index (κ3) is 2.87. The molecule has 1 rings (SSSR count). The maximum absolute atomic E-state index is 8.80. The lowest BCUT2D eigenvalue weighted by Gasteiger charge is -2.08. The average molecular weight is 179 g/mol. The van der Waals surface area contributed by atoms with E-state index < -0.39 is 0 Å². The normalized spacial score (nSPS) is 12.1. The van der Waals surface area contributed by atoms with Crippen LogP contribution in [0.5, 0.6) is 0 Å². The largest absolute Gasteiger partial charge is 0.410 e. The standard InChI is InChI=1S/C10H14N2O/c1-12(2)8-10(11-13)9-6-4-3-5-7-9/h3-7,13H,8H2,1-2H3/p+1/b11-10-. The predicted molar refractivity (Wildman–Crippen MR) is 52.4 cm³/mol. The molecule has 0 spiro atoms. The van der Waals surface area contributed by atoms with E-state index in [0.29, 0.717) is 0 Å². The highest BCUT2D eigenvalue weighted by atomic mass is 16.4. The summed E-state index contributed by atoms with van der Waals surface area (Å²) in [6.07, 6.45) is 0. The van der Waals surface area contributed by atoms with Gasteiger partial charge < -0.3 is 10.1 Å². The van der Waals surface area contributed by atoms with Crippen LogP contribution in [0.25, 0.3) is 0 Å². The van der Waals surface area contributed by atoms with Crippen LogP contribution in [0, 0.1) is 0 Å². The predicted octanol–water partition coefficient (Wildman–Crippen LogP) is 0.00940. The fourth-order valence-corrected chi connectivity index (χ4v) is 1.16. The third-order valence-corrected chi connectivity index (χ3v) is 1.75. The number of benzene rings is 1. The summed E-state index contributed by atoms with van der Waals surface area (Å²) in [5.74, 6) is 0. The van der Waals surface area contributed by atoms with Crippen molar-refractivity contribution in [3.8, 4) is 0 Å². The second kappa shape index (κ2) is 4.62. The highest BCUT2D eigenvalue weighted by molar-refractivity contribution is 6.00. The molecule has 70 valence electrons. The van der Waals surface area contributed by atoms with E-state index in [1.165, 1.54) is 4.90 Å². The Kier molecular flexibility index (Phi) is 3.46. The fraction of sp³-hybridized carbons (Fsp3) is 0.300. The molecule has 13 heavy (non-hydrogen) atoms. The van der Waals surface area contributed by atoms with Gasteiger partial charge in [0.2, 0.25) is 0 Å². The monoisotopic (exact) mass is 179 g/mol. The van der Waals surface area contributed by atoms with Crippen LogP contribution in [0.3, 0.4) is 0 Å². The molecule has 0 unspecified atom stereocenters. The van der Waals surface area contributed by atoms with E-state index in [9.17, 15) is 0 Å². The van der Waals surface area contributed by atoms with Crippen LogP contribution >= 0.6 is 0 Å². The van der Waals surface area contributed by atoms with Gasteiger partial charge in [-0.2, -0.15) is 0 Å². The molecule has 3 nitrogen and oxygen atoms in total. The zero-order valence-corrected chi connectivity index (χ0v) is 7.99. The van der Waals surface area contributed by atoms with Crippen LogP contribution in [0.2, 0.25) is 0 Å². The van der Waals surface area contributed by atoms with E-state index in [0.717, 1.165) is 17.8 Å². The molecule has 0 heterocycles. The Labute approximate surface area is 78.3 Å². The lowest BCUT2D eigenvalue weighted by molar-refractivity contribution is -0.848. The zero-order valence-electron chi connectivity index (χ0n) is 7.99. The Morgan fingerprint density at radius 3 is 2.38 bits per heavy atom. The first-order valence-corrected chi connectivity index (χ1v) is 4.29. The van der Waals surface area contributed by atoms with Gasteiger partial charge in [0.15, 0.2) is 0 Å². The molecule has 2 N–H and O–H groups in total. The van der Waals surface area contributed by atoms with Crippen LogP contribution in [-0.2, 0) is 0 Å². The summed E-state index contributed by atoms with van der Waals surface area (Å²) in [4.78, 5) is 1.23. The topological polar surface area (TPSA) is 37.0 Å². The first-order valence-electron chi connectivity index (χ1n) is 4.29. The lowest BCUT2D eigenvalue weighted by Crippen LogP contribution is -3.06. The Balaban J connectivity index is 2.80. The highest BCUT2D eigenvalue weighted by Gasteiger charge is 2.06. The Morgan fingerprint density at radius 1 is 1.31 bits per heavy atom. The van der Waals surface area contributed by atoms with Crippen LogP contribution in [-0.4, -0.2) is 31.6 Å². The third-order valence-electron chi connectivity index (χ3n) is 1.75. The molecule has 0 aliphatic rings. The van der Waals surface area contributed by atoms with Crippen LogP contribution in [0.1, 0.15) is 5.56 Å². The quantitative estimate of drug-likeness (QED) is 0.383. The van der Waals surface area contributed by atoms with Gasteiger partial charge in [0, 0.05) is 5.56 Å². The maximum Gasteiger partial charge on any atom is 0.141 e. The number of nitrogens with zero attached hydrogens (tertiary/aromatic N) is 1. The van der Waals surface area contributed by atoms with Gasteiger partial charge in [0.1, 0.15) is 12.3 Å². The van der Waals surface area contributed by atoms with Gasteiger partial charge in [-0.3, -0.25) is 0 Å². The molecule has 0 saturated carbocycles. The molecule has 0 fully saturated rings. The van der Waals surface area contributed by atoms with Crippen molar-refractivity contribution in [3.63, 3.8) is 0 Å². The maximum atomic E-state index is 8.80. The first-order chi connectivity index (χ1) is 6.24. The smallest absolute Gasteiger partial charge is 0.141 e. The summed E-state index contributed by atoms with van der Waals surface area (Å²) in [7, 11) is 4.04. The number of quaternary nitrogens is 1. The average Bonchev–Trinajstić information content (AvgIpc) is 2.15. The van der Waals surface area contributed by atoms with Gasteiger partial charge in [-0.15, -0.1) is 0 Å². The van der Waals surface area contributed by atoms with Gasteiger partial charge in [-0.25, -0.2) is 0 Å².